The van der Waals surface area contributed by atoms with Crippen molar-refractivity contribution in [2.45, 2.75) is 0 Å². The SMILES string of the molecule is O=C(O)CS.O=C(O)CS.OCCSSCCO.OCSSCO. The van der Waals surface area contributed by atoms with E-state index in [1.54, 1.807) is 21.6 Å². The van der Waals surface area contributed by atoms with Crippen molar-refractivity contribution in [2.24, 2.45) is 0 Å². The van der Waals surface area contributed by atoms with Crippen molar-refractivity contribution in [3.63, 3.8) is 0 Å². The minimum atomic E-state index is -0.881. The molecule has 0 saturated heterocycles. The highest BCUT2D eigenvalue weighted by Crippen LogP contribution is 2.18. The van der Waals surface area contributed by atoms with Gasteiger partial charge in [-0.15, -0.1) is 0 Å². The summed E-state index contributed by atoms with van der Waals surface area (Å²) in [5.74, 6) is -0.270. The van der Waals surface area contributed by atoms with E-state index in [1.807, 2.05) is 0 Å². The van der Waals surface area contributed by atoms with Gasteiger partial charge in [-0.25, -0.2) is 0 Å². The number of carbonyl (C=O) groups is 2. The molecule has 0 aliphatic heterocycles. The Morgan fingerprint density at radius 3 is 1.04 bits per heavy atom. The number of aliphatic carboxylic acids is 2. The molecule has 0 radical (unpaired) electrons. The van der Waals surface area contributed by atoms with E-state index in [9.17, 15) is 9.59 Å². The third-order valence-corrected chi connectivity index (χ3v) is 5.31. The van der Waals surface area contributed by atoms with Crippen LogP contribution >= 0.6 is 68.4 Å². The van der Waals surface area contributed by atoms with E-state index in [-0.39, 0.29) is 36.6 Å². The van der Waals surface area contributed by atoms with Crippen LogP contribution in [0.5, 0.6) is 0 Å². The van der Waals surface area contributed by atoms with Crippen LogP contribution in [0.3, 0.4) is 0 Å². The van der Waals surface area contributed by atoms with E-state index in [4.69, 9.17) is 30.6 Å². The molecule has 0 saturated carbocycles. The van der Waals surface area contributed by atoms with E-state index < -0.39 is 11.9 Å². The summed E-state index contributed by atoms with van der Waals surface area (Å²) in [6.45, 7) is 0.451. The van der Waals surface area contributed by atoms with Gasteiger partial charge in [0.15, 0.2) is 0 Å². The molecular formula is C10H24O8S6. The van der Waals surface area contributed by atoms with Crippen LogP contribution in [0.15, 0.2) is 0 Å². The lowest BCUT2D eigenvalue weighted by molar-refractivity contribution is -0.134. The minimum absolute atomic E-state index is 0.0746. The number of hydrogen-bond donors (Lipinski definition) is 8. The first-order valence-corrected chi connectivity index (χ1v) is 12.2. The number of aliphatic hydroxyl groups is 4. The molecule has 0 bridgehead atoms. The van der Waals surface area contributed by atoms with Gasteiger partial charge in [0.1, 0.15) is 0 Å². The first-order chi connectivity index (χ1) is 11.4. The summed E-state index contributed by atoms with van der Waals surface area (Å²) >= 11 is 6.83. The Hall–Kier alpha value is 0.880. The van der Waals surface area contributed by atoms with Gasteiger partial charge in [-0.2, -0.15) is 25.3 Å². The van der Waals surface area contributed by atoms with Crippen LogP contribution in [0.25, 0.3) is 0 Å². The summed E-state index contributed by atoms with van der Waals surface area (Å²) in [6, 6.07) is 0. The number of thiol groups is 2. The summed E-state index contributed by atoms with van der Waals surface area (Å²) < 4.78 is 0. The molecule has 0 heterocycles. The second-order valence-electron chi connectivity index (χ2n) is 2.69. The monoisotopic (exact) mass is 464 g/mol. The average Bonchev–Trinajstić information content (AvgIpc) is 2.58. The van der Waals surface area contributed by atoms with Gasteiger partial charge in [0.2, 0.25) is 0 Å². The molecule has 8 nitrogen and oxygen atoms in total. The summed E-state index contributed by atoms with van der Waals surface area (Å²) in [5.41, 5.74) is 0. The van der Waals surface area contributed by atoms with E-state index >= 15 is 0 Å². The van der Waals surface area contributed by atoms with E-state index in [0.717, 1.165) is 11.5 Å². The van der Waals surface area contributed by atoms with Gasteiger partial charge in [0.05, 0.1) is 36.6 Å². The predicted octanol–water partition coefficient (Wildman–Crippen LogP) is 0.621. The van der Waals surface area contributed by atoms with Crippen molar-refractivity contribution >= 4 is 80.4 Å². The molecule has 0 spiro atoms. The van der Waals surface area contributed by atoms with E-state index in [0.29, 0.717) is 0 Å². The molecular weight excluding hydrogens is 441 g/mol. The lowest BCUT2D eigenvalue weighted by Crippen LogP contribution is -1.92. The molecule has 0 unspecified atom stereocenters. The summed E-state index contributed by atoms with van der Waals surface area (Å²) in [6.07, 6.45) is 0. The lowest BCUT2D eigenvalue weighted by atomic mass is 10.8. The third-order valence-electron chi connectivity index (χ3n) is 0.892. The second kappa shape index (κ2) is 35.1. The Morgan fingerprint density at radius 1 is 0.667 bits per heavy atom. The first kappa shape index (κ1) is 32.5. The molecule has 0 amide bonds. The van der Waals surface area contributed by atoms with Crippen LogP contribution in [0.1, 0.15) is 0 Å². The maximum Gasteiger partial charge on any atom is 0.313 e. The van der Waals surface area contributed by atoms with Crippen LogP contribution in [-0.2, 0) is 9.59 Å². The first-order valence-electron chi connectivity index (χ1n) is 5.95. The fraction of sp³-hybridized carbons (Fsp3) is 0.800. The minimum Gasteiger partial charge on any atom is -0.481 e. The van der Waals surface area contributed by atoms with Gasteiger partial charge in [0.25, 0.3) is 0 Å². The molecule has 0 aliphatic carbocycles. The Bertz CT molecular complexity index is 225. The summed E-state index contributed by atoms with van der Waals surface area (Å²) in [4.78, 5) is 18.6. The molecule has 6 N–H and O–H groups in total. The van der Waals surface area contributed by atoms with E-state index in [2.05, 4.69) is 25.3 Å². The molecule has 0 rings (SSSR count). The molecule has 0 aromatic heterocycles. The van der Waals surface area contributed by atoms with Crippen LogP contribution < -0.4 is 0 Å². The molecule has 0 atom stereocenters. The largest absolute Gasteiger partial charge is 0.481 e. The standard InChI is InChI=1S/C4H10O2S2.C2H6O2S2.2C2H4O2S/c5-1-3-7-8-4-2-6;3-1-5-6-2-4;2*3-2(4)1-5/h5-6H,1-4H2;3-4H,1-2H2;2*5H,1H2,(H,3,4). The number of carboxylic acids is 2. The fourth-order valence-corrected chi connectivity index (χ4v) is 2.40. The average molecular weight is 465 g/mol. The molecule has 0 aromatic rings. The number of rotatable bonds is 10. The maximum absolute atomic E-state index is 9.29. The van der Waals surface area contributed by atoms with Crippen molar-refractivity contribution in [2.75, 3.05) is 48.1 Å². The van der Waals surface area contributed by atoms with Crippen LogP contribution in [0, 0.1) is 0 Å². The predicted molar refractivity (Wildman–Crippen MR) is 111 cm³/mol. The van der Waals surface area contributed by atoms with Crippen molar-refractivity contribution in [1.29, 1.82) is 0 Å². The van der Waals surface area contributed by atoms with Crippen molar-refractivity contribution in [3.8, 4) is 0 Å². The number of hydrogen-bond acceptors (Lipinski definition) is 12. The van der Waals surface area contributed by atoms with Gasteiger partial charge < -0.3 is 30.6 Å². The van der Waals surface area contributed by atoms with Crippen molar-refractivity contribution < 1.29 is 40.2 Å². The smallest absolute Gasteiger partial charge is 0.313 e. The molecule has 0 aliphatic rings. The molecule has 148 valence electrons. The fourth-order valence-electron chi connectivity index (χ4n) is 0.267. The van der Waals surface area contributed by atoms with Gasteiger partial charge in [-0.1, -0.05) is 43.2 Å². The summed E-state index contributed by atoms with van der Waals surface area (Å²) in [7, 11) is 5.63. The molecule has 0 aromatic carbocycles. The zero-order valence-corrected chi connectivity index (χ0v) is 17.7. The number of carboxylic acid groups (broad SMARTS) is 2. The normalized spacial score (nSPS) is 8.58. The highest BCUT2D eigenvalue weighted by atomic mass is 33.1. The van der Waals surface area contributed by atoms with Crippen molar-refractivity contribution in [1.82, 2.24) is 0 Å². The van der Waals surface area contributed by atoms with Gasteiger partial charge >= 0.3 is 11.9 Å². The zero-order valence-electron chi connectivity index (χ0n) is 12.7. The number of aliphatic hydroxyl groups excluding tert-OH is 4. The van der Waals surface area contributed by atoms with Crippen LogP contribution in [-0.4, -0.2) is 90.7 Å². The Labute approximate surface area is 168 Å². The van der Waals surface area contributed by atoms with E-state index in [1.165, 1.54) is 21.6 Å². The Morgan fingerprint density at radius 2 is 0.917 bits per heavy atom. The third kappa shape index (κ3) is 66.0. The topological polar surface area (TPSA) is 156 Å². The van der Waals surface area contributed by atoms with Crippen molar-refractivity contribution in [3.05, 3.63) is 0 Å². The molecule has 0 fully saturated rings. The maximum atomic E-state index is 9.29. The zero-order chi connectivity index (χ0) is 19.6. The second-order valence-corrected chi connectivity index (χ2v) is 8.43. The van der Waals surface area contributed by atoms with Gasteiger partial charge in [0, 0.05) is 11.5 Å². The Kier molecular flexibility index (Phi) is 47.6. The Balaban J connectivity index is -0.000000114. The highest BCUT2D eigenvalue weighted by Gasteiger charge is 1.85. The van der Waals surface area contributed by atoms with Crippen LogP contribution in [0.4, 0.5) is 0 Å². The summed E-state index contributed by atoms with van der Waals surface area (Å²) in [5, 5.41) is 47.9. The van der Waals surface area contributed by atoms with Gasteiger partial charge in [-0.3, -0.25) is 9.59 Å². The van der Waals surface area contributed by atoms with Crippen LogP contribution in [0.2, 0.25) is 0 Å². The molecule has 14 heteroatoms. The quantitative estimate of drug-likeness (QED) is 0.0988. The highest BCUT2D eigenvalue weighted by molar-refractivity contribution is 8.77. The lowest BCUT2D eigenvalue weighted by Gasteiger charge is -1.93. The van der Waals surface area contributed by atoms with Gasteiger partial charge in [-0.05, 0) is 0 Å². The molecule has 24 heavy (non-hydrogen) atoms.